The minimum Gasteiger partial charge on any atom is -0.493 e. The van der Waals surface area contributed by atoms with Gasteiger partial charge < -0.3 is 4.74 Å². The maximum atomic E-state index is 12.6. The van der Waals surface area contributed by atoms with E-state index in [1.165, 1.54) is 5.56 Å². The molecule has 0 N–H and O–H groups in total. The predicted molar refractivity (Wildman–Crippen MR) is 75.7 cm³/mol. The number of carbonyl (C=O) groups excluding carboxylic acids is 1. The van der Waals surface area contributed by atoms with Crippen molar-refractivity contribution in [3.05, 3.63) is 41.0 Å². The van der Waals surface area contributed by atoms with Crippen LogP contribution in [0.5, 0.6) is 5.75 Å². The molecule has 1 atom stereocenters. The molecule has 0 saturated carbocycles. The van der Waals surface area contributed by atoms with E-state index in [-0.39, 0.29) is 5.78 Å². The highest BCUT2D eigenvalue weighted by Gasteiger charge is 2.23. The average Bonchev–Trinajstić information content (AvgIpc) is 2.47. The summed E-state index contributed by atoms with van der Waals surface area (Å²) in [6, 6.07) is 5.96. The summed E-state index contributed by atoms with van der Waals surface area (Å²) in [6.45, 7) is 2.97. The van der Waals surface area contributed by atoms with E-state index in [4.69, 9.17) is 4.74 Å². The van der Waals surface area contributed by atoms with Gasteiger partial charge in [0.05, 0.1) is 12.2 Å². The van der Waals surface area contributed by atoms with Gasteiger partial charge in [-0.3, -0.25) is 4.79 Å². The van der Waals surface area contributed by atoms with Gasteiger partial charge in [0.1, 0.15) is 5.75 Å². The topological polar surface area (TPSA) is 26.3 Å². The van der Waals surface area contributed by atoms with E-state index in [0.717, 1.165) is 55.6 Å². The Kier molecular flexibility index (Phi) is 3.41. The highest BCUT2D eigenvalue weighted by atomic mass is 16.5. The molecule has 1 aliphatic heterocycles. The van der Waals surface area contributed by atoms with Crippen LogP contribution < -0.4 is 4.74 Å². The number of Topliss-reactive ketones (excluding diaryl/α,β-unsaturated/α-hetero) is 1. The monoisotopic (exact) mass is 256 g/mol. The van der Waals surface area contributed by atoms with Gasteiger partial charge >= 0.3 is 0 Å². The van der Waals surface area contributed by atoms with Crippen LogP contribution >= 0.6 is 0 Å². The van der Waals surface area contributed by atoms with Gasteiger partial charge in [-0.25, -0.2) is 0 Å². The number of rotatable bonds is 2. The molecule has 1 aliphatic carbocycles. The van der Waals surface area contributed by atoms with Crippen molar-refractivity contribution in [1.29, 1.82) is 0 Å². The van der Waals surface area contributed by atoms with Crippen LogP contribution in [0.3, 0.4) is 0 Å². The van der Waals surface area contributed by atoms with Crippen LogP contribution in [0.1, 0.15) is 48.5 Å². The van der Waals surface area contributed by atoms with Gasteiger partial charge in [-0.1, -0.05) is 25.1 Å². The summed E-state index contributed by atoms with van der Waals surface area (Å²) in [6.07, 6.45) is 7.24. The molecule has 2 aliphatic rings. The number of ether oxygens (including phenoxy) is 1. The number of carbonyl (C=O) groups is 1. The average molecular weight is 256 g/mol. The van der Waals surface area contributed by atoms with Crippen molar-refractivity contribution in [2.24, 2.45) is 5.92 Å². The Hall–Kier alpha value is -1.57. The Labute approximate surface area is 114 Å². The van der Waals surface area contributed by atoms with Crippen molar-refractivity contribution in [3.8, 4) is 5.75 Å². The maximum Gasteiger partial charge on any atom is 0.192 e. The fraction of sp³-hybridized carbons (Fsp3) is 0.471. The number of hydrogen-bond acceptors (Lipinski definition) is 2. The number of aryl methyl sites for hydroxylation is 1. The second kappa shape index (κ2) is 5.20. The first-order chi connectivity index (χ1) is 9.25. The van der Waals surface area contributed by atoms with E-state index in [1.807, 2.05) is 12.1 Å². The highest BCUT2D eigenvalue weighted by Crippen LogP contribution is 2.33. The lowest BCUT2D eigenvalue weighted by Gasteiger charge is -2.22. The summed E-state index contributed by atoms with van der Waals surface area (Å²) in [7, 11) is 0. The number of allylic oxidation sites excluding steroid dienone is 2. The summed E-state index contributed by atoms with van der Waals surface area (Å²) in [5.74, 6) is 1.71. The molecule has 19 heavy (non-hydrogen) atoms. The normalized spacial score (nSPS) is 22.2. The lowest BCUT2D eigenvalue weighted by molar-refractivity contribution is 0.102. The third kappa shape index (κ3) is 2.44. The second-order valence-electron chi connectivity index (χ2n) is 5.68. The molecule has 1 heterocycles. The number of fused-ring (bicyclic) bond motifs is 1. The van der Waals surface area contributed by atoms with Gasteiger partial charge in [0.2, 0.25) is 0 Å². The molecule has 0 spiro atoms. The Balaban J connectivity index is 1.92. The van der Waals surface area contributed by atoms with Gasteiger partial charge in [0.25, 0.3) is 0 Å². The summed E-state index contributed by atoms with van der Waals surface area (Å²) in [4.78, 5) is 12.6. The standard InChI is InChI=1S/C17H20O2/c1-12-7-9-13(10-8-12)16(18)15-6-2-4-14-5-3-11-19-17(14)15/h2,4,6,9,12H,3,5,7-8,10-11H2,1H3. The number of benzene rings is 1. The van der Waals surface area contributed by atoms with Gasteiger partial charge in [-0.2, -0.15) is 0 Å². The zero-order valence-corrected chi connectivity index (χ0v) is 11.4. The number of hydrogen-bond donors (Lipinski definition) is 0. The van der Waals surface area contributed by atoms with E-state index >= 15 is 0 Å². The largest absolute Gasteiger partial charge is 0.493 e. The predicted octanol–water partition coefficient (Wildman–Crippen LogP) is 3.94. The molecule has 0 radical (unpaired) electrons. The quantitative estimate of drug-likeness (QED) is 0.749. The molecule has 2 nitrogen and oxygen atoms in total. The molecular formula is C17H20O2. The minimum absolute atomic E-state index is 0.172. The van der Waals surface area contributed by atoms with Crippen molar-refractivity contribution in [3.63, 3.8) is 0 Å². The van der Waals surface area contributed by atoms with Gasteiger partial charge in [0.15, 0.2) is 5.78 Å². The SMILES string of the molecule is CC1CC=C(C(=O)c2cccc3c2OCCC3)CC1. The van der Waals surface area contributed by atoms with Crippen molar-refractivity contribution >= 4 is 5.78 Å². The second-order valence-corrected chi connectivity index (χ2v) is 5.68. The zero-order valence-electron chi connectivity index (χ0n) is 11.4. The molecule has 0 bridgehead atoms. The molecule has 0 amide bonds. The first-order valence-corrected chi connectivity index (χ1v) is 7.24. The van der Waals surface area contributed by atoms with Crippen molar-refractivity contribution in [2.75, 3.05) is 6.61 Å². The van der Waals surface area contributed by atoms with Crippen LogP contribution in [-0.4, -0.2) is 12.4 Å². The third-order valence-electron chi connectivity index (χ3n) is 4.14. The molecule has 2 heteroatoms. The van der Waals surface area contributed by atoms with Crippen LogP contribution in [0.2, 0.25) is 0 Å². The fourth-order valence-electron chi connectivity index (χ4n) is 2.91. The molecule has 1 aromatic carbocycles. The Bertz CT molecular complexity index is 528. The number of para-hydroxylation sites is 1. The number of ketones is 1. The van der Waals surface area contributed by atoms with Gasteiger partial charge in [0, 0.05) is 0 Å². The van der Waals surface area contributed by atoms with Crippen molar-refractivity contribution in [1.82, 2.24) is 0 Å². The smallest absolute Gasteiger partial charge is 0.192 e. The lowest BCUT2D eigenvalue weighted by atomic mass is 9.86. The molecule has 1 unspecified atom stereocenters. The van der Waals surface area contributed by atoms with Gasteiger partial charge in [-0.05, 0) is 55.2 Å². The first kappa shape index (κ1) is 12.5. The Morgan fingerprint density at radius 2 is 2.21 bits per heavy atom. The lowest BCUT2D eigenvalue weighted by Crippen LogP contribution is -2.15. The zero-order chi connectivity index (χ0) is 13.2. The Morgan fingerprint density at radius 1 is 1.32 bits per heavy atom. The van der Waals surface area contributed by atoms with Crippen LogP contribution in [0.25, 0.3) is 0 Å². The van der Waals surface area contributed by atoms with Crippen LogP contribution in [0.15, 0.2) is 29.8 Å². The third-order valence-corrected chi connectivity index (χ3v) is 4.14. The van der Waals surface area contributed by atoms with Crippen LogP contribution in [0.4, 0.5) is 0 Å². The van der Waals surface area contributed by atoms with E-state index in [9.17, 15) is 4.79 Å². The highest BCUT2D eigenvalue weighted by molar-refractivity contribution is 6.10. The summed E-state index contributed by atoms with van der Waals surface area (Å²) in [5.41, 5.74) is 2.92. The maximum absolute atomic E-state index is 12.6. The summed E-state index contributed by atoms with van der Waals surface area (Å²) < 4.78 is 5.74. The van der Waals surface area contributed by atoms with E-state index < -0.39 is 0 Å². The van der Waals surface area contributed by atoms with E-state index in [2.05, 4.69) is 19.1 Å². The molecular weight excluding hydrogens is 236 g/mol. The summed E-state index contributed by atoms with van der Waals surface area (Å²) >= 11 is 0. The van der Waals surface area contributed by atoms with Gasteiger partial charge in [-0.15, -0.1) is 0 Å². The van der Waals surface area contributed by atoms with E-state index in [0.29, 0.717) is 5.92 Å². The fourth-order valence-corrected chi connectivity index (χ4v) is 2.91. The summed E-state index contributed by atoms with van der Waals surface area (Å²) in [5, 5.41) is 0. The van der Waals surface area contributed by atoms with Crippen molar-refractivity contribution in [2.45, 2.75) is 39.0 Å². The molecule has 1 aromatic rings. The minimum atomic E-state index is 0.172. The molecule has 0 fully saturated rings. The molecule has 0 saturated heterocycles. The Morgan fingerprint density at radius 3 is 3.00 bits per heavy atom. The van der Waals surface area contributed by atoms with Crippen molar-refractivity contribution < 1.29 is 9.53 Å². The molecule has 100 valence electrons. The first-order valence-electron chi connectivity index (χ1n) is 7.24. The molecule has 0 aromatic heterocycles. The molecule has 3 rings (SSSR count). The van der Waals surface area contributed by atoms with E-state index in [1.54, 1.807) is 0 Å². The van der Waals surface area contributed by atoms with Crippen LogP contribution in [0, 0.1) is 5.92 Å². The van der Waals surface area contributed by atoms with Crippen LogP contribution in [-0.2, 0) is 6.42 Å².